The second-order valence-corrected chi connectivity index (χ2v) is 14.0. The molecule has 4 aromatic rings. The van der Waals surface area contributed by atoms with E-state index in [-0.39, 0.29) is 73.2 Å². The number of nitriles is 1. The summed E-state index contributed by atoms with van der Waals surface area (Å²) >= 11 is 7.91. The van der Waals surface area contributed by atoms with Crippen molar-refractivity contribution in [3.63, 3.8) is 0 Å². The first-order valence-electron chi connectivity index (χ1n) is 15.4. The Bertz CT molecular complexity index is 1930. The topological polar surface area (TPSA) is 110 Å². The van der Waals surface area contributed by atoms with Crippen molar-refractivity contribution < 1.29 is 27.4 Å². The van der Waals surface area contributed by atoms with Crippen LogP contribution in [0.5, 0.6) is 11.8 Å². The molecule has 3 saturated heterocycles. The molecule has 0 bridgehead atoms. The number of hydrogen-bond donors (Lipinski definition) is 1. The van der Waals surface area contributed by atoms with Crippen molar-refractivity contribution in [1.29, 1.82) is 5.26 Å². The number of anilines is 2. The van der Waals surface area contributed by atoms with E-state index >= 15 is 4.39 Å². The van der Waals surface area contributed by atoms with Gasteiger partial charge >= 0.3 is 6.01 Å². The third kappa shape index (κ3) is 4.64. The predicted octanol–water partition coefficient (Wildman–Crippen LogP) is 6.09. The Morgan fingerprint density at radius 2 is 2.09 bits per heavy atom. The van der Waals surface area contributed by atoms with Crippen LogP contribution >= 0.6 is 22.9 Å². The number of halogens is 4. The molecule has 8 rings (SSSR count). The predicted molar refractivity (Wildman–Crippen MR) is 170 cm³/mol. The van der Waals surface area contributed by atoms with Crippen molar-refractivity contribution in [3.05, 3.63) is 34.4 Å². The van der Waals surface area contributed by atoms with E-state index in [1.165, 1.54) is 12.1 Å². The molecule has 3 fully saturated rings. The minimum absolute atomic E-state index is 0.0392. The largest absolute Gasteiger partial charge is 0.489 e. The van der Waals surface area contributed by atoms with Crippen molar-refractivity contribution in [1.82, 2.24) is 14.9 Å². The van der Waals surface area contributed by atoms with Gasteiger partial charge in [-0.05, 0) is 37.4 Å². The third-order valence-electron chi connectivity index (χ3n) is 9.78. The van der Waals surface area contributed by atoms with E-state index < -0.39 is 23.3 Å². The van der Waals surface area contributed by atoms with Gasteiger partial charge in [-0.2, -0.15) is 15.2 Å². The number of alkyl halides is 1. The SMILES string of the molecule is N#Cc1c(N)sc2c(F)ccc(-c3c(Cl)c4c5c(nc(OC[C@@]67CCCN6C[C@H](F)C7)nc5c3F)N(CC3CCOC3)CCO4)c12. The highest BCUT2D eigenvalue weighted by molar-refractivity contribution is 7.23. The third-order valence-corrected chi connectivity index (χ3v) is 11.2. The molecule has 1 unspecified atom stereocenters. The second kappa shape index (κ2) is 11.3. The monoisotopic (exact) mass is 670 g/mol. The van der Waals surface area contributed by atoms with Crippen molar-refractivity contribution in [2.45, 2.75) is 37.4 Å². The molecule has 9 nitrogen and oxygen atoms in total. The Balaban J connectivity index is 1.32. The molecular formula is C32H30ClF3N6O3S. The Morgan fingerprint density at radius 3 is 2.89 bits per heavy atom. The van der Waals surface area contributed by atoms with Crippen LogP contribution in [0.1, 0.15) is 31.2 Å². The van der Waals surface area contributed by atoms with Gasteiger partial charge in [0.05, 0.1) is 39.4 Å². The Labute approximate surface area is 271 Å². The average Bonchev–Trinajstić information content (AvgIpc) is 3.79. The van der Waals surface area contributed by atoms with E-state index in [4.69, 9.17) is 36.5 Å². The zero-order valence-electron chi connectivity index (χ0n) is 24.8. The first kappa shape index (κ1) is 29.8. The van der Waals surface area contributed by atoms with Gasteiger partial charge in [0.1, 0.15) is 47.6 Å². The average molecular weight is 671 g/mol. The number of nitrogen functional groups attached to an aromatic ring is 1. The summed E-state index contributed by atoms with van der Waals surface area (Å²) in [7, 11) is 0. The van der Waals surface area contributed by atoms with E-state index in [1.54, 1.807) is 0 Å². The molecule has 2 aromatic heterocycles. The van der Waals surface area contributed by atoms with Gasteiger partial charge in [-0.15, -0.1) is 11.3 Å². The van der Waals surface area contributed by atoms with E-state index in [1.807, 2.05) is 11.0 Å². The first-order valence-corrected chi connectivity index (χ1v) is 16.6. The maximum atomic E-state index is 17.1. The number of nitrogens with zero attached hydrogens (tertiary/aromatic N) is 5. The van der Waals surface area contributed by atoms with Crippen molar-refractivity contribution in [3.8, 4) is 29.0 Å². The Hall–Kier alpha value is -3.57. The number of ether oxygens (including phenoxy) is 3. The summed E-state index contributed by atoms with van der Waals surface area (Å²) in [5, 5.41) is 10.4. The maximum absolute atomic E-state index is 17.1. The lowest BCUT2D eigenvalue weighted by Gasteiger charge is -2.31. The number of rotatable bonds is 6. The fraction of sp³-hybridized carbons (Fsp3) is 0.469. The van der Waals surface area contributed by atoms with E-state index in [0.717, 1.165) is 37.1 Å². The molecule has 2 N–H and O–H groups in total. The minimum Gasteiger partial charge on any atom is -0.489 e. The lowest BCUT2D eigenvalue weighted by atomic mass is 9.95. The van der Waals surface area contributed by atoms with Gasteiger partial charge < -0.3 is 24.8 Å². The van der Waals surface area contributed by atoms with Crippen LogP contribution in [0.15, 0.2) is 12.1 Å². The molecular weight excluding hydrogens is 641 g/mol. The summed E-state index contributed by atoms with van der Waals surface area (Å²) in [5.74, 6) is -0.529. The number of fused-ring (bicyclic) bond motifs is 2. The van der Waals surface area contributed by atoms with E-state index in [2.05, 4.69) is 9.88 Å². The molecule has 0 spiro atoms. The van der Waals surface area contributed by atoms with Crippen LogP contribution in [-0.4, -0.2) is 79.2 Å². The number of thiophene rings is 1. The first-order chi connectivity index (χ1) is 22.3. The summed E-state index contributed by atoms with van der Waals surface area (Å²) in [6, 6.07) is 4.58. The number of hydrogen-bond acceptors (Lipinski definition) is 10. The molecule has 0 radical (unpaired) electrons. The highest BCUT2D eigenvalue weighted by Crippen LogP contribution is 2.51. The molecule has 14 heteroatoms. The molecule has 0 aliphatic carbocycles. The molecule has 0 saturated carbocycles. The van der Waals surface area contributed by atoms with Gasteiger partial charge in [-0.1, -0.05) is 17.7 Å². The quantitative estimate of drug-likeness (QED) is 0.261. The normalized spacial score (nSPS) is 24.4. The van der Waals surface area contributed by atoms with Gasteiger partial charge in [-0.3, -0.25) is 4.90 Å². The summed E-state index contributed by atoms with van der Waals surface area (Å²) in [5.41, 5.74) is 5.68. The molecule has 4 aliphatic rings. The fourth-order valence-electron chi connectivity index (χ4n) is 7.64. The van der Waals surface area contributed by atoms with Gasteiger partial charge in [0, 0.05) is 43.0 Å². The zero-order chi connectivity index (χ0) is 31.7. The van der Waals surface area contributed by atoms with Crippen LogP contribution in [0.3, 0.4) is 0 Å². The lowest BCUT2D eigenvalue weighted by molar-refractivity contribution is 0.107. The van der Waals surface area contributed by atoms with Crippen molar-refractivity contribution in [2.24, 2.45) is 5.92 Å². The second-order valence-electron chi connectivity index (χ2n) is 12.5. The molecule has 4 aliphatic heterocycles. The summed E-state index contributed by atoms with van der Waals surface area (Å²) < 4.78 is 64.7. The van der Waals surface area contributed by atoms with Crippen LogP contribution in [0, 0.1) is 28.9 Å². The zero-order valence-corrected chi connectivity index (χ0v) is 26.3. The Morgan fingerprint density at radius 1 is 1.22 bits per heavy atom. The molecule has 0 amide bonds. The standard InChI is InChI=1S/C32H30ClF3N6O3S/c33-24-22(18-2-3-20(35)28-21(18)19(11-37)29(38)46-28)25(36)26-23-27(24)44-9-7-41(12-16-4-8-43-14-16)30(23)40-31(39-26)45-15-32-5-1-6-42(32)13-17(34)10-32/h2-3,16-17H,1,4-10,12-15,38H2/t16?,17-,32+/m1/s1. The van der Waals surface area contributed by atoms with Crippen LogP contribution in [0.4, 0.5) is 24.0 Å². The molecule has 3 atom stereocenters. The van der Waals surface area contributed by atoms with Gasteiger partial charge in [-0.25, -0.2) is 13.2 Å². The number of benzene rings is 2. The van der Waals surface area contributed by atoms with Gasteiger partial charge in [0.2, 0.25) is 0 Å². The number of nitrogens with two attached hydrogens (primary N) is 1. The maximum Gasteiger partial charge on any atom is 0.319 e. The smallest absolute Gasteiger partial charge is 0.319 e. The molecule has 2 aromatic carbocycles. The van der Waals surface area contributed by atoms with Crippen LogP contribution in [0.2, 0.25) is 5.02 Å². The van der Waals surface area contributed by atoms with Crippen LogP contribution in [-0.2, 0) is 4.74 Å². The number of aromatic nitrogens is 2. The Kier molecular flexibility index (Phi) is 7.32. The van der Waals surface area contributed by atoms with Crippen molar-refractivity contribution in [2.75, 3.05) is 63.2 Å². The minimum atomic E-state index is -0.936. The molecule has 6 heterocycles. The van der Waals surface area contributed by atoms with Gasteiger partial charge in [0.15, 0.2) is 11.6 Å². The van der Waals surface area contributed by atoms with E-state index in [0.29, 0.717) is 50.5 Å². The summed E-state index contributed by atoms with van der Waals surface area (Å²) in [6.07, 6.45) is 2.04. The molecule has 46 heavy (non-hydrogen) atoms. The molecule has 240 valence electrons. The summed E-state index contributed by atoms with van der Waals surface area (Å²) in [4.78, 5) is 13.5. The fourth-order valence-corrected chi connectivity index (χ4v) is 8.92. The highest BCUT2D eigenvalue weighted by Gasteiger charge is 2.49. The van der Waals surface area contributed by atoms with Crippen LogP contribution < -0.4 is 20.1 Å². The lowest BCUT2D eigenvalue weighted by Crippen LogP contribution is -2.43. The summed E-state index contributed by atoms with van der Waals surface area (Å²) in [6.45, 7) is 3.85. The highest BCUT2D eigenvalue weighted by atomic mass is 35.5. The van der Waals surface area contributed by atoms with Gasteiger partial charge in [0.25, 0.3) is 0 Å². The van der Waals surface area contributed by atoms with Crippen molar-refractivity contribution >= 4 is 54.7 Å². The van der Waals surface area contributed by atoms with E-state index in [9.17, 15) is 14.0 Å². The van der Waals surface area contributed by atoms with Crippen LogP contribution in [0.25, 0.3) is 32.1 Å².